The number of esters is 1. The van der Waals surface area contributed by atoms with Crippen LogP contribution in [0, 0.1) is 0 Å². The number of aliphatic hydroxyl groups is 1. The summed E-state index contributed by atoms with van der Waals surface area (Å²) >= 11 is 0. The zero-order chi connectivity index (χ0) is 23.8. The number of carbonyl (C=O) groups is 1. The molecule has 1 aromatic carbocycles. The molecule has 7 nitrogen and oxygen atoms in total. The fraction of sp³-hybridized carbons (Fsp3) is 0.462. The molecule has 0 unspecified atom stereocenters. The number of ether oxygens (including phenoxy) is 1. The molecule has 33 heavy (non-hydrogen) atoms. The number of β-amino-alcohol motifs (C(OH)–C–C–N with tert-alkyl or cyclic N) is 1. The van der Waals surface area contributed by atoms with E-state index in [-0.39, 0.29) is 5.97 Å². The van der Waals surface area contributed by atoms with Crippen molar-refractivity contribution in [3.8, 4) is 0 Å². The van der Waals surface area contributed by atoms with E-state index < -0.39 is 5.60 Å². The maximum atomic E-state index is 11.7. The maximum absolute atomic E-state index is 11.7. The minimum absolute atomic E-state index is 0.328. The van der Waals surface area contributed by atoms with Crippen molar-refractivity contribution in [2.24, 2.45) is 0 Å². The van der Waals surface area contributed by atoms with E-state index in [1.54, 1.807) is 12.1 Å². The molecule has 0 spiro atoms. The van der Waals surface area contributed by atoms with Crippen LogP contribution < -0.4 is 4.90 Å². The van der Waals surface area contributed by atoms with E-state index in [0.29, 0.717) is 30.7 Å². The van der Waals surface area contributed by atoms with Crippen LogP contribution in [0.15, 0.2) is 48.8 Å². The lowest BCUT2D eigenvalue weighted by molar-refractivity contribution is 0.00250. The van der Waals surface area contributed by atoms with E-state index in [2.05, 4.69) is 51.5 Å². The summed E-state index contributed by atoms with van der Waals surface area (Å²) in [5.74, 6) is -0.328. The number of carbonyl (C=O) groups excluding carboxylic acids is 1. The molecular formula is C26H34N4O3. The molecule has 1 aliphatic rings. The van der Waals surface area contributed by atoms with E-state index in [4.69, 9.17) is 4.74 Å². The van der Waals surface area contributed by atoms with Crippen LogP contribution in [-0.4, -0.2) is 70.0 Å². The first-order valence-electron chi connectivity index (χ1n) is 11.5. The van der Waals surface area contributed by atoms with Gasteiger partial charge in [0, 0.05) is 61.7 Å². The molecule has 176 valence electrons. The third-order valence-corrected chi connectivity index (χ3v) is 6.38. The summed E-state index contributed by atoms with van der Waals surface area (Å²) in [6, 6.07) is 12.4. The van der Waals surface area contributed by atoms with Gasteiger partial charge in [0.2, 0.25) is 0 Å². The van der Waals surface area contributed by atoms with Crippen molar-refractivity contribution in [2.45, 2.75) is 51.9 Å². The summed E-state index contributed by atoms with van der Waals surface area (Å²) in [7, 11) is 1.39. The number of pyridine rings is 1. The highest BCUT2D eigenvalue weighted by Gasteiger charge is 2.33. The SMILES string of the molecule is COC(=O)c1ccc(Cn2ccc3c(N4C[C@@H](C)N(CC(C)(C)O)[C@@H](C)C4)ccnc32)cc1. The van der Waals surface area contributed by atoms with Crippen molar-refractivity contribution >= 4 is 22.7 Å². The van der Waals surface area contributed by atoms with Gasteiger partial charge in [-0.3, -0.25) is 4.90 Å². The van der Waals surface area contributed by atoms with Gasteiger partial charge in [-0.25, -0.2) is 9.78 Å². The van der Waals surface area contributed by atoms with Gasteiger partial charge in [-0.05, 0) is 57.5 Å². The van der Waals surface area contributed by atoms with Crippen molar-refractivity contribution in [3.63, 3.8) is 0 Å². The average Bonchev–Trinajstić information content (AvgIpc) is 3.18. The first kappa shape index (κ1) is 23.3. The molecule has 0 aliphatic carbocycles. The molecule has 0 amide bonds. The molecule has 0 bridgehead atoms. The number of nitrogens with zero attached hydrogens (tertiary/aromatic N) is 4. The lowest BCUT2D eigenvalue weighted by Gasteiger charge is -2.47. The molecule has 1 saturated heterocycles. The van der Waals surface area contributed by atoms with Crippen LogP contribution >= 0.6 is 0 Å². The van der Waals surface area contributed by atoms with E-state index in [1.165, 1.54) is 12.8 Å². The Bertz CT molecular complexity index is 1100. The fourth-order valence-electron chi connectivity index (χ4n) is 4.85. The second-order valence-electron chi connectivity index (χ2n) is 9.79. The number of fused-ring (bicyclic) bond motifs is 1. The molecule has 1 fully saturated rings. The number of rotatable bonds is 6. The summed E-state index contributed by atoms with van der Waals surface area (Å²) in [6.07, 6.45) is 3.96. The van der Waals surface area contributed by atoms with Gasteiger partial charge in [-0.2, -0.15) is 0 Å². The van der Waals surface area contributed by atoms with Crippen molar-refractivity contribution < 1.29 is 14.6 Å². The third kappa shape index (κ3) is 5.04. The number of aromatic nitrogens is 2. The Morgan fingerprint density at radius 1 is 1.12 bits per heavy atom. The van der Waals surface area contributed by atoms with Gasteiger partial charge in [0.15, 0.2) is 0 Å². The molecule has 1 aliphatic heterocycles. The van der Waals surface area contributed by atoms with Gasteiger partial charge in [0.1, 0.15) is 5.65 Å². The Hall–Kier alpha value is -2.90. The van der Waals surface area contributed by atoms with Gasteiger partial charge < -0.3 is 19.3 Å². The molecule has 0 radical (unpaired) electrons. The zero-order valence-electron chi connectivity index (χ0n) is 20.2. The van der Waals surface area contributed by atoms with Crippen LogP contribution in [0.5, 0.6) is 0 Å². The predicted octanol–water partition coefficient (Wildman–Crippen LogP) is 3.54. The molecule has 2 atom stereocenters. The summed E-state index contributed by atoms with van der Waals surface area (Å²) in [4.78, 5) is 21.2. The van der Waals surface area contributed by atoms with Gasteiger partial charge in [-0.1, -0.05) is 12.1 Å². The van der Waals surface area contributed by atoms with Crippen molar-refractivity contribution in [2.75, 3.05) is 31.6 Å². The highest BCUT2D eigenvalue weighted by atomic mass is 16.5. The first-order chi connectivity index (χ1) is 15.7. The number of methoxy groups -OCH3 is 1. The van der Waals surface area contributed by atoms with Gasteiger partial charge in [-0.15, -0.1) is 0 Å². The maximum Gasteiger partial charge on any atom is 0.337 e. The molecule has 0 saturated carbocycles. The number of benzene rings is 1. The zero-order valence-corrected chi connectivity index (χ0v) is 20.2. The summed E-state index contributed by atoms with van der Waals surface area (Å²) in [6.45, 7) is 11.4. The number of hydrogen-bond donors (Lipinski definition) is 1. The van der Waals surface area contributed by atoms with Crippen LogP contribution in [0.4, 0.5) is 5.69 Å². The smallest absolute Gasteiger partial charge is 0.337 e. The minimum Gasteiger partial charge on any atom is -0.465 e. The first-order valence-corrected chi connectivity index (χ1v) is 11.5. The fourth-order valence-corrected chi connectivity index (χ4v) is 4.85. The topological polar surface area (TPSA) is 70.8 Å². The summed E-state index contributed by atoms with van der Waals surface area (Å²) < 4.78 is 6.92. The largest absolute Gasteiger partial charge is 0.465 e. The third-order valence-electron chi connectivity index (χ3n) is 6.38. The molecule has 2 aromatic heterocycles. The molecule has 4 rings (SSSR count). The molecule has 3 heterocycles. The van der Waals surface area contributed by atoms with E-state index in [9.17, 15) is 9.90 Å². The quantitative estimate of drug-likeness (QED) is 0.580. The van der Waals surface area contributed by atoms with Crippen LogP contribution in [-0.2, 0) is 11.3 Å². The molecule has 7 heteroatoms. The Labute approximate surface area is 195 Å². The molecule has 3 aromatic rings. The predicted molar refractivity (Wildman–Crippen MR) is 131 cm³/mol. The van der Waals surface area contributed by atoms with Gasteiger partial charge >= 0.3 is 5.97 Å². The van der Waals surface area contributed by atoms with Crippen molar-refractivity contribution in [1.82, 2.24) is 14.5 Å². The second-order valence-corrected chi connectivity index (χ2v) is 9.79. The minimum atomic E-state index is -0.707. The average molecular weight is 451 g/mol. The summed E-state index contributed by atoms with van der Waals surface area (Å²) in [5, 5.41) is 11.5. The Morgan fingerprint density at radius 3 is 2.39 bits per heavy atom. The summed E-state index contributed by atoms with van der Waals surface area (Å²) in [5.41, 5.74) is 3.08. The van der Waals surface area contributed by atoms with Crippen LogP contribution in [0.2, 0.25) is 0 Å². The van der Waals surface area contributed by atoms with Gasteiger partial charge in [0.25, 0.3) is 0 Å². The highest BCUT2D eigenvalue weighted by molar-refractivity contribution is 5.90. The van der Waals surface area contributed by atoms with Crippen molar-refractivity contribution in [3.05, 3.63) is 59.9 Å². The Morgan fingerprint density at radius 2 is 1.79 bits per heavy atom. The van der Waals surface area contributed by atoms with E-state index in [0.717, 1.165) is 29.7 Å². The Kier molecular flexibility index (Phi) is 6.45. The van der Waals surface area contributed by atoms with Crippen LogP contribution in [0.1, 0.15) is 43.6 Å². The van der Waals surface area contributed by atoms with Crippen LogP contribution in [0.3, 0.4) is 0 Å². The van der Waals surface area contributed by atoms with Gasteiger partial charge in [0.05, 0.1) is 18.3 Å². The Balaban J connectivity index is 1.55. The lowest BCUT2D eigenvalue weighted by atomic mass is 10.0. The van der Waals surface area contributed by atoms with E-state index in [1.807, 2.05) is 32.2 Å². The number of hydrogen-bond acceptors (Lipinski definition) is 6. The lowest BCUT2D eigenvalue weighted by Crippen LogP contribution is -2.59. The molecule has 1 N–H and O–H groups in total. The van der Waals surface area contributed by atoms with Crippen LogP contribution in [0.25, 0.3) is 11.0 Å². The normalized spacial score (nSPS) is 19.8. The van der Waals surface area contributed by atoms with E-state index >= 15 is 0 Å². The number of piperazine rings is 1. The standard InChI is InChI=1S/C26H34N4O3/c1-18-14-29(15-19(2)30(18)17-26(3,4)32)23-10-12-27-24-22(23)11-13-28(24)16-20-6-8-21(9-7-20)25(31)33-5/h6-13,18-19,32H,14-17H2,1-5H3/t18-,19+. The highest BCUT2D eigenvalue weighted by Crippen LogP contribution is 2.30. The van der Waals surface area contributed by atoms with Crippen molar-refractivity contribution in [1.29, 1.82) is 0 Å². The number of anilines is 1. The monoisotopic (exact) mass is 450 g/mol. The second kappa shape index (κ2) is 9.15. The molecular weight excluding hydrogens is 416 g/mol.